The molecule has 0 amide bonds. The Hall–Kier alpha value is -1.41. The molecule has 0 bridgehead atoms. The van der Waals surface area contributed by atoms with Crippen LogP contribution in [0.25, 0.3) is 0 Å². The summed E-state index contributed by atoms with van der Waals surface area (Å²) in [4.78, 5) is 0. The molecule has 0 heterocycles. The molecule has 2 heteroatoms. The van der Waals surface area contributed by atoms with E-state index in [2.05, 4.69) is 27.7 Å². The molecular weight excluding hydrogens is 263 g/mol. The van der Waals surface area contributed by atoms with Crippen molar-refractivity contribution in [2.75, 3.05) is 0 Å². The number of aliphatic hydroxyl groups is 1. The Labute approximate surface area is 127 Å². The van der Waals surface area contributed by atoms with E-state index >= 15 is 0 Å². The number of allylic oxidation sites excluding steroid dienone is 2. The monoisotopic (exact) mass is 288 g/mol. The van der Waals surface area contributed by atoms with E-state index in [0.29, 0.717) is 6.42 Å². The van der Waals surface area contributed by atoms with Crippen molar-refractivity contribution >= 4 is 0 Å². The minimum absolute atomic E-state index is 0.228. The zero-order valence-electron chi connectivity index (χ0n) is 13.8. The predicted octanol–water partition coefficient (Wildman–Crippen LogP) is 4.81. The predicted molar refractivity (Wildman–Crippen MR) is 85.6 cm³/mol. The number of hydrogen-bond acceptors (Lipinski definition) is 1. The lowest BCUT2D eigenvalue weighted by molar-refractivity contribution is -0.0113. The van der Waals surface area contributed by atoms with E-state index in [4.69, 9.17) is 0 Å². The number of rotatable bonds is 2. The molecule has 1 aromatic rings. The fourth-order valence-electron chi connectivity index (χ4n) is 3.48. The molecule has 0 spiro atoms. The van der Waals surface area contributed by atoms with E-state index in [0.717, 1.165) is 16.7 Å². The first-order valence-corrected chi connectivity index (χ1v) is 7.44. The molecule has 0 fully saturated rings. The van der Waals surface area contributed by atoms with Crippen LogP contribution < -0.4 is 0 Å². The van der Waals surface area contributed by atoms with Gasteiger partial charge in [0.15, 0.2) is 0 Å². The van der Waals surface area contributed by atoms with E-state index < -0.39 is 11.0 Å². The third kappa shape index (κ3) is 2.36. The van der Waals surface area contributed by atoms with E-state index in [1.807, 2.05) is 19.9 Å². The van der Waals surface area contributed by atoms with Gasteiger partial charge in [0, 0.05) is 5.41 Å². The largest absolute Gasteiger partial charge is 0.385 e. The maximum Gasteiger partial charge on any atom is 0.123 e. The van der Waals surface area contributed by atoms with E-state index in [-0.39, 0.29) is 5.82 Å². The molecule has 0 aliphatic heterocycles. The second-order valence-electron chi connectivity index (χ2n) is 6.71. The van der Waals surface area contributed by atoms with Crippen LogP contribution >= 0.6 is 0 Å². The van der Waals surface area contributed by atoms with Gasteiger partial charge in [-0.15, -0.1) is 0 Å². The van der Waals surface area contributed by atoms with Gasteiger partial charge in [-0.1, -0.05) is 24.6 Å². The van der Waals surface area contributed by atoms with Crippen LogP contribution in [0.3, 0.4) is 0 Å². The van der Waals surface area contributed by atoms with Gasteiger partial charge in [-0.25, -0.2) is 4.39 Å². The topological polar surface area (TPSA) is 20.2 Å². The average Bonchev–Trinajstić information content (AvgIpc) is 2.42. The normalized spacial score (nSPS) is 30.1. The standard InChI is InChI=1S/C19H25FO/c1-12-13(2)15(4)19(6,21)18(5,14(12)3)11-16-8-7-9-17(20)10-16/h7-10,21H,11H2,1-6H3. The summed E-state index contributed by atoms with van der Waals surface area (Å²) in [6.45, 7) is 12.2. The SMILES string of the molecule is CC1=C(C)C(C)(O)C(C)(Cc2cccc(F)c2)C(C)=C1C. The summed E-state index contributed by atoms with van der Waals surface area (Å²) in [7, 11) is 0. The lowest BCUT2D eigenvalue weighted by Gasteiger charge is -2.49. The van der Waals surface area contributed by atoms with Gasteiger partial charge in [0.2, 0.25) is 0 Å². The Bertz CT molecular complexity index is 637. The molecule has 2 atom stereocenters. The molecule has 21 heavy (non-hydrogen) atoms. The van der Waals surface area contributed by atoms with Crippen LogP contribution in [-0.4, -0.2) is 10.7 Å². The van der Waals surface area contributed by atoms with Gasteiger partial charge in [-0.2, -0.15) is 0 Å². The molecule has 2 unspecified atom stereocenters. The van der Waals surface area contributed by atoms with Crippen molar-refractivity contribution in [3.8, 4) is 0 Å². The second kappa shape index (κ2) is 5.10. The molecule has 1 aliphatic rings. The van der Waals surface area contributed by atoms with Crippen molar-refractivity contribution in [3.05, 3.63) is 57.9 Å². The second-order valence-corrected chi connectivity index (χ2v) is 6.71. The molecule has 1 nitrogen and oxygen atoms in total. The van der Waals surface area contributed by atoms with Gasteiger partial charge < -0.3 is 5.11 Å². The van der Waals surface area contributed by atoms with Crippen molar-refractivity contribution in [1.82, 2.24) is 0 Å². The van der Waals surface area contributed by atoms with Crippen LogP contribution in [0.1, 0.15) is 47.1 Å². The van der Waals surface area contributed by atoms with Gasteiger partial charge in [0.05, 0.1) is 5.60 Å². The van der Waals surface area contributed by atoms with Crippen molar-refractivity contribution in [2.24, 2.45) is 5.41 Å². The molecule has 1 aliphatic carbocycles. The maximum absolute atomic E-state index is 13.5. The van der Waals surface area contributed by atoms with Crippen LogP contribution in [0.2, 0.25) is 0 Å². The van der Waals surface area contributed by atoms with E-state index in [1.54, 1.807) is 12.1 Å². The van der Waals surface area contributed by atoms with E-state index in [1.165, 1.54) is 17.2 Å². The maximum atomic E-state index is 13.5. The summed E-state index contributed by atoms with van der Waals surface area (Å²) >= 11 is 0. The number of benzene rings is 1. The molecule has 114 valence electrons. The molecule has 0 radical (unpaired) electrons. The van der Waals surface area contributed by atoms with Crippen molar-refractivity contribution in [3.63, 3.8) is 0 Å². The molecule has 0 saturated carbocycles. The summed E-state index contributed by atoms with van der Waals surface area (Å²) in [5, 5.41) is 11.2. The highest BCUT2D eigenvalue weighted by Gasteiger charge is 2.49. The summed E-state index contributed by atoms with van der Waals surface area (Å²) in [5.41, 5.74) is 4.12. The zero-order chi connectivity index (χ0) is 16.0. The first-order chi connectivity index (χ1) is 9.61. The fourth-order valence-corrected chi connectivity index (χ4v) is 3.48. The lowest BCUT2D eigenvalue weighted by Crippen LogP contribution is -2.50. The van der Waals surface area contributed by atoms with Crippen molar-refractivity contribution < 1.29 is 9.50 Å². The fraction of sp³-hybridized carbons (Fsp3) is 0.474. The van der Waals surface area contributed by atoms with Gasteiger partial charge in [0.1, 0.15) is 5.82 Å². The Kier molecular flexibility index (Phi) is 3.88. The van der Waals surface area contributed by atoms with Crippen LogP contribution in [0.5, 0.6) is 0 Å². The molecule has 0 aromatic heterocycles. The van der Waals surface area contributed by atoms with Crippen molar-refractivity contribution in [2.45, 2.75) is 53.6 Å². The van der Waals surface area contributed by atoms with Crippen LogP contribution in [0, 0.1) is 11.2 Å². The first kappa shape index (κ1) is 16.0. The highest BCUT2D eigenvalue weighted by molar-refractivity contribution is 5.48. The smallest absolute Gasteiger partial charge is 0.123 e. The van der Waals surface area contributed by atoms with Gasteiger partial charge in [-0.3, -0.25) is 0 Å². The van der Waals surface area contributed by atoms with Crippen LogP contribution in [-0.2, 0) is 6.42 Å². The third-order valence-corrected chi connectivity index (χ3v) is 5.77. The molecular formula is C19H25FO. The minimum atomic E-state index is -0.938. The van der Waals surface area contributed by atoms with Gasteiger partial charge in [-0.05, 0) is 75.5 Å². The number of halogens is 1. The lowest BCUT2D eigenvalue weighted by atomic mass is 9.58. The first-order valence-electron chi connectivity index (χ1n) is 7.44. The molecule has 1 aromatic carbocycles. The summed E-state index contributed by atoms with van der Waals surface area (Å²) in [6.07, 6.45) is 0.617. The molecule has 2 rings (SSSR count). The van der Waals surface area contributed by atoms with E-state index in [9.17, 15) is 9.50 Å². The summed E-state index contributed by atoms with van der Waals surface area (Å²) < 4.78 is 13.5. The highest BCUT2D eigenvalue weighted by atomic mass is 19.1. The number of hydrogen-bond donors (Lipinski definition) is 1. The Balaban J connectivity index is 2.54. The van der Waals surface area contributed by atoms with Crippen LogP contribution in [0.15, 0.2) is 46.6 Å². The molecule has 1 N–H and O–H groups in total. The van der Waals surface area contributed by atoms with Gasteiger partial charge in [0.25, 0.3) is 0 Å². The van der Waals surface area contributed by atoms with Gasteiger partial charge >= 0.3 is 0 Å². The highest BCUT2D eigenvalue weighted by Crippen LogP contribution is 2.51. The quantitative estimate of drug-likeness (QED) is 0.828. The Morgan fingerprint density at radius 2 is 1.57 bits per heavy atom. The Morgan fingerprint density at radius 1 is 1.00 bits per heavy atom. The minimum Gasteiger partial charge on any atom is -0.385 e. The zero-order valence-corrected chi connectivity index (χ0v) is 13.8. The van der Waals surface area contributed by atoms with Crippen molar-refractivity contribution in [1.29, 1.82) is 0 Å². The Morgan fingerprint density at radius 3 is 2.14 bits per heavy atom. The average molecular weight is 288 g/mol. The van der Waals surface area contributed by atoms with Crippen LogP contribution in [0.4, 0.5) is 4.39 Å². The third-order valence-electron chi connectivity index (χ3n) is 5.77. The summed E-state index contributed by atoms with van der Waals surface area (Å²) in [6, 6.07) is 6.66. The molecule has 0 saturated heterocycles. The summed E-state index contributed by atoms with van der Waals surface area (Å²) in [5.74, 6) is -0.228.